The number of rotatable bonds is 7. The Kier molecular flexibility index (Phi) is 8.32. The van der Waals surface area contributed by atoms with Gasteiger partial charge < -0.3 is 29.8 Å². The van der Waals surface area contributed by atoms with Gasteiger partial charge in [0.1, 0.15) is 23.2 Å². The third-order valence-corrected chi connectivity index (χ3v) is 8.02. The zero-order valence-electron chi connectivity index (χ0n) is 23.5. The highest BCUT2D eigenvalue weighted by molar-refractivity contribution is 7.80. The van der Waals surface area contributed by atoms with Crippen LogP contribution in [0.4, 0.5) is 23.3 Å². The molecule has 41 heavy (non-hydrogen) atoms. The molecule has 2 N–H and O–H groups in total. The molecule has 2 aliphatic rings. The van der Waals surface area contributed by atoms with Crippen molar-refractivity contribution in [1.29, 1.82) is 0 Å². The largest absolute Gasteiger partial charge is 0.459 e. The van der Waals surface area contributed by atoms with Gasteiger partial charge in [-0.2, -0.15) is 9.97 Å². The molecular formula is C32H37N7OS. The summed E-state index contributed by atoms with van der Waals surface area (Å²) in [7, 11) is 0. The van der Waals surface area contributed by atoms with Crippen LogP contribution in [0.1, 0.15) is 25.5 Å². The first-order valence-corrected chi connectivity index (χ1v) is 14.9. The summed E-state index contributed by atoms with van der Waals surface area (Å²) in [6.07, 6.45) is 2.43. The summed E-state index contributed by atoms with van der Waals surface area (Å²) in [5, 5.41) is 6.97. The van der Waals surface area contributed by atoms with E-state index in [2.05, 4.69) is 68.7 Å². The van der Waals surface area contributed by atoms with Crippen LogP contribution in [0.2, 0.25) is 0 Å². The molecule has 0 bridgehead atoms. The summed E-state index contributed by atoms with van der Waals surface area (Å²) >= 11 is 5.65. The van der Waals surface area contributed by atoms with Gasteiger partial charge in [0.05, 0.1) is 6.54 Å². The van der Waals surface area contributed by atoms with Crippen molar-refractivity contribution in [2.24, 2.45) is 5.92 Å². The van der Waals surface area contributed by atoms with Gasteiger partial charge in [-0.15, -0.1) is 0 Å². The third kappa shape index (κ3) is 6.79. The van der Waals surface area contributed by atoms with Crippen molar-refractivity contribution < 1.29 is 4.42 Å². The average Bonchev–Trinajstić information content (AvgIpc) is 3.50. The summed E-state index contributed by atoms with van der Waals surface area (Å²) < 4.78 is 6.02. The van der Waals surface area contributed by atoms with E-state index in [1.54, 1.807) is 0 Å². The van der Waals surface area contributed by atoms with Crippen LogP contribution in [0.5, 0.6) is 0 Å². The van der Waals surface area contributed by atoms with Crippen molar-refractivity contribution >= 4 is 40.6 Å². The van der Waals surface area contributed by atoms with Crippen LogP contribution < -0.4 is 25.3 Å². The molecule has 8 nitrogen and oxygen atoms in total. The number of aromatic nitrogens is 2. The molecule has 212 valence electrons. The highest BCUT2D eigenvalue weighted by Gasteiger charge is 2.23. The van der Waals surface area contributed by atoms with Crippen molar-refractivity contribution in [3.8, 4) is 11.3 Å². The fourth-order valence-corrected chi connectivity index (χ4v) is 5.74. The van der Waals surface area contributed by atoms with E-state index in [4.69, 9.17) is 26.6 Å². The lowest BCUT2D eigenvalue weighted by molar-refractivity contribution is 0.444. The summed E-state index contributed by atoms with van der Waals surface area (Å²) in [6.45, 7) is 8.47. The second-order valence-electron chi connectivity index (χ2n) is 10.9. The van der Waals surface area contributed by atoms with E-state index in [0.29, 0.717) is 23.5 Å². The van der Waals surface area contributed by atoms with Gasteiger partial charge in [0.25, 0.3) is 0 Å². The Morgan fingerprint density at radius 1 is 0.854 bits per heavy atom. The minimum absolute atomic E-state index is 0.465. The molecule has 6 rings (SSSR count). The Balaban J connectivity index is 1.14. The summed E-state index contributed by atoms with van der Waals surface area (Å²) in [4.78, 5) is 17.0. The lowest BCUT2D eigenvalue weighted by Gasteiger charge is -2.37. The Labute approximate surface area is 247 Å². The standard InChI is InChI=1S/C32H37N7OS/c1-24-9-8-16-39(23-24)30-21-29(38-19-17-37(18-20-38)26-12-6-3-7-13-26)34-31(35-30)36-32(41)33-22-27-14-15-28(40-27)25-10-4-2-5-11-25/h2-7,10-15,21,24H,8-9,16-20,22-23H2,1H3,(H2,33,34,35,36,41)/t24-/m1/s1. The number of nitrogens with one attached hydrogen (secondary N) is 2. The van der Waals surface area contributed by atoms with Crippen LogP contribution in [-0.2, 0) is 6.54 Å². The number of para-hydroxylation sites is 1. The van der Waals surface area contributed by atoms with E-state index in [1.165, 1.54) is 18.5 Å². The normalized spacial score (nSPS) is 17.4. The monoisotopic (exact) mass is 567 g/mol. The molecule has 4 aromatic rings. The molecule has 2 aromatic carbocycles. The smallest absolute Gasteiger partial charge is 0.232 e. The average molecular weight is 568 g/mol. The molecule has 2 aliphatic heterocycles. The van der Waals surface area contributed by atoms with Crippen molar-refractivity contribution in [3.63, 3.8) is 0 Å². The molecule has 0 amide bonds. The molecule has 2 saturated heterocycles. The fourth-order valence-electron chi connectivity index (χ4n) is 5.58. The zero-order chi connectivity index (χ0) is 28.0. The SMILES string of the molecule is C[C@@H]1CCCN(c2cc(N3CCN(c4ccccc4)CC3)nc(NC(=S)NCc3ccc(-c4ccccc4)o3)n2)C1. The van der Waals surface area contributed by atoms with Crippen molar-refractivity contribution in [2.45, 2.75) is 26.3 Å². The maximum absolute atomic E-state index is 6.02. The minimum Gasteiger partial charge on any atom is -0.459 e. The van der Waals surface area contributed by atoms with Gasteiger partial charge in [0.15, 0.2) is 5.11 Å². The van der Waals surface area contributed by atoms with Crippen molar-refractivity contribution in [2.75, 3.05) is 59.3 Å². The third-order valence-electron chi connectivity index (χ3n) is 7.77. The van der Waals surface area contributed by atoms with Crippen LogP contribution in [0.25, 0.3) is 11.3 Å². The molecule has 0 aliphatic carbocycles. The van der Waals surface area contributed by atoms with E-state index in [9.17, 15) is 0 Å². The predicted octanol–water partition coefficient (Wildman–Crippen LogP) is 5.79. The van der Waals surface area contributed by atoms with E-state index >= 15 is 0 Å². The molecule has 1 atom stereocenters. The number of piperazine rings is 1. The first-order valence-electron chi connectivity index (χ1n) is 14.5. The predicted molar refractivity (Wildman–Crippen MR) is 171 cm³/mol. The first-order chi connectivity index (χ1) is 20.1. The number of hydrogen-bond donors (Lipinski definition) is 2. The Morgan fingerprint density at radius 3 is 2.27 bits per heavy atom. The Hall–Kier alpha value is -4.11. The lowest BCUT2D eigenvalue weighted by atomic mass is 10.0. The van der Waals surface area contributed by atoms with Crippen molar-refractivity contribution in [1.82, 2.24) is 15.3 Å². The van der Waals surface area contributed by atoms with Gasteiger partial charge >= 0.3 is 0 Å². The lowest BCUT2D eigenvalue weighted by Crippen LogP contribution is -2.47. The van der Waals surface area contributed by atoms with Crippen LogP contribution in [-0.4, -0.2) is 54.3 Å². The molecule has 0 saturated carbocycles. The second kappa shape index (κ2) is 12.6. The number of hydrogen-bond acceptors (Lipinski definition) is 7. The van der Waals surface area contributed by atoms with Crippen LogP contribution >= 0.6 is 12.2 Å². The topological polar surface area (TPSA) is 72.7 Å². The molecule has 0 radical (unpaired) electrons. The molecule has 4 heterocycles. The molecule has 2 aromatic heterocycles. The highest BCUT2D eigenvalue weighted by atomic mass is 32.1. The van der Waals surface area contributed by atoms with Gasteiger partial charge in [0, 0.05) is 56.6 Å². The number of furan rings is 1. The van der Waals surface area contributed by atoms with E-state index in [0.717, 1.165) is 68.0 Å². The first kappa shape index (κ1) is 27.1. The van der Waals surface area contributed by atoms with Crippen LogP contribution in [0.15, 0.2) is 83.3 Å². The van der Waals surface area contributed by atoms with Crippen LogP contribution in [0, 0.1) is 5.92 Å². The number of piperidine rings is 1. The summed E-state index contributed by atoms with van der Waals surface area (Å²) in [5.74, 6) is 4.70. The highest BCUT2D eigenvalue weighted by Crippen LogP contribution is 2.27. The van der Waals surface area contributed by atoms with Gasteiger partial charge in [-0.3, -0.25) is 0 Å². The van der Waals surface area contributed by atoms with E-state index < -0.39 is 0 Å². The summed E-state index contributed by atoms with van der Waals surface area (Å²) in [6, 6.07) is 26.8. The second-order valence-corrected chi connectivity index (χ2v) is 11.3. The summed E-state index contributed by atoms with van der Waals surface area (Å²) in [5.41, 5.74) is 2.32. The molecule has 0 unspecified atom stereocenters. The van der Waals surface area contributed by atoms with E-state index in [-0.39, 0.29) is 0 Å². The molecule has 9 heteroatoms. The van der Waals surface area contributed by atoms with Gasteiger partial charge in [-0.1, -0.05) is 55.5 Å². The maximum atomic E-state index is 6.02. The number of nitrogens with zero attached hydrogens (tertiary/aromatic N) is 5. The Bertz CT molecular complexity index is 1440. The zero-order valence-corrected chi connectivity index (χ0v) is 24.3. The molecule has 2 fully saturated rings. The maximum Gasteiger partial charge on any atom is 0.232 e. The van der Waals surface area contributed by atoms with Crippen molar-refractivity contribution in [3.05, 3.63) is 84.6 Å². The van der Waals surface area contributed by atoms with Gasteiger partial charge in [-0.05, 0) is 55.2 Å². The quantitative estimate of drug-likeness (QED) is 0.270. The van der Waals surface area contributed by atoms with Gasteiger partial charge in [-0.25, -0.2) is 0 Å². The van der Waals surface area contributed by atoms with Crippen LogP contribution in [0.3, 0.4) is 0 Å². The number of thiocarbonyl (C=S) groups is 1. The molecule has 0 spiro atoms. The number of benzene rings is 2. The Morgan fingerprint density at radius 2 is 1.54 bits per heavy atom. The minimum atomic E-state index is 0.465. The fraction of sp³-hybridized carbons (Fsp3) is 0.344. The van der Waals surface area contributed by atoms with Gasteiger partial charge in [0.2, 0.25) is 5.95 Å². The molecular weight excluding hydrogens is 530 g/mol. The number of anilines is 4. The van der Waals surface area contributed by atoms with E-state index in [1.807, 2.05) is 42.5 Å².